The Labute approximate surface area is 124 Å². The molecule has 0 N–H and O–H groups in total. The van der Waals surface area contributed by atoms with Gasteiger partial charge in [0.1, 0.15) is 23.2 Å². The highest BCUT2D eigenvalue weighted by Crippen LogP contribution is 2.31. The van der Waals surface area contributed by atoms with Gasteiger partial charge in [-0.25, -0.2) is 0 Å². The van der Waals surface area contributed by atoms with Crippen LogP contribution in [-0.2, 0) is 0 Å². The van der Waals surface area contributed by atoms with Crippen LogP contribution >= 0.6 is 0 Å². The lowest BCUT2D eigenvalue weighted by molar-refractivity contribution is 0.0976. The summed E-state index contributed by atoms with van der Waals surface area (Å²) in [6.45, 7) is 5.41. The summed E-state index contributed by atoms with van der Waals surface area (Å²) in [5.74, 6) is 0.554. The molecule has 4 nitrogen and oxygen atoms in total. The third kappa shape index (κ3) is 2.82. The minimum Gasteiger partial charge on any atom is -0.496 e. The van der Waals surface area contributed by atoms with E-state index in [4.69, 9.17) is 9.15 Å². The standard InChI is InChI=1S/C17H17NO3/c1-10-5-6-16(20-4)14(7-10)15(9-18)17(19)13-8-11(2)21-12(13)3/h5-8,15H,1-4H3. The summed E-state index contributed by atoms with van der Waals surface area (Å²) in [7, 11) is 1.53. The summed E-state index contributed by atoms with van der Waals surface area (Å²) in [5.41, 5.74) is 2.00. The lowest BCUT2D eigenvalue weighted by atomic mass is 9.90. The second-order valence-corrected chi connectivity index (χ2v) is 5.00. The van der Waals surface area contributed by atoms with E-state index in [1.807, 2.05) is 19.1 Å². The molecule has 1 heterocycles. The van der Waals surface area contributed by atoms with Gasteiger partial charge in [-0.1, -0.05) is 17.7 Å². The maximum absolute atomic E-state index is 12.7. The predicted molar refractivity (Wildman–Crippen MR) is 78.6 cm³/mol. The summed E-state index contributed by atoms with van der Waals surface area (Å²) < 4.78 is 10.7. The van der Waals surface area contributed by atoms with Crippen LogP contribution in [0.4, 0.5) is 0 Å². The first-order chi connectivity index (χ1) is 9.97. The second kappa shape index (κ2) is 5.84. The highest BCUT2D eigenvalue weighted by atomic mass is 16.5. The molecule has 0 saturated heterocycles. The quantitative estimate of drug-likeness (QED) is 0.802. The van der Waals surface area contributed by atoms with Gasteiger partial charge in [-0.2, -0.15) is 5.26 Å². The SMILES string of the molecule is COc1ccc(C)cc1C(C#N)C(=O)c1cc(C)oc1C. The van der Waals surface area contributed by atoms with E-state index in [1.54, 1.807) is 26.0 Å². The highest BCUT2D eigenvalue weighted by molar-refractivity contribution is 6.04. The van der Waals surface area contributed by atoms with Gasteiger partial charge in [0.25, 0.3) is 0 Å². The summed E-state index contributed by atoms with van der Waals surface area (Å²) >= 11 is 0. The maximum Gasteiger partial charge on any atom is 0.188 e. The molecule has 0 radical (unpaired) electrons. The lowest BCUT2D eigenvalue weighted by Gasteiger charge is -2.13. The van der Waals surface area contributed by atoms with Crippen LogP contribution < -0.4 is 4.74 Å². The van der Waals surface area contributed by atoms with E-state index in [1.165, 1.54) is 7.11 Å². The Morgan fingerprint density at radius 3 is 2.52 bits per heavy atom. The van der Waals surface area contributed by atoms with Crippen molar-refractivity contribution in [1.29, 1.82) is 5.26 Å². The Kier molecular flexibility index (Phi) is 4.13. The fourth-order valence-corrected chi connectivity index (χ4v) is 2.38. The smallest absolute Gasteiger partial charge is 0.188 e. The Bertz CT molecular complexity index is 722. The molecule has 0 spiro atoms. The average molecular weight is 283 g/mol. The molecule has 0 saturated carbocycles. The third-order valence-corrected chi connectivity index (χ3v) is 3.39. The molecule has 1 aromatic heterocycles. The minimum absolute atomic E-state index is 0.268. The zero-order valence-electron chi connectivity index (χ0n) is 12.6. The van der Waals surface area contributed by atoms with Gasteiger partial charge in [0.05, 0.1) is 18.7 Å². The highest BCUT2D eigenvalue weighted by Gasteiger charge is 2.27. The van der Waals surface area contributed by atoms with Gasteiger partial charge in [0.2, 0.25) is 0 Å². The molecular formula is C17H17NO3. The molecule has 4 heteroatoms. The number of rotatable bonds is 4. The van der Waals surface area contributed by atoms with Crippen molar-refractivity contribution in [3.63, 3.8) is 0 Å². The number of ketones is 1. The molecule has 21 heavy (non-hydrogen) atoms. The van der Waals surface area contributed by atoms with E-state index >= 15 is 0 Å². The monoisotopic (exact) mass is 283 g/mol. The van der Waals surface area contributed by atoms with Crippen LogP contribution in [0.2, 0.25) is 0 Å². The van der Waals surface area contributed by atoms with Gasteiger partial charge in [-0.15, -0.1) is 0 Å². The Morgan fingerprint density at radius 2 is 2.00 bits per heavy atom. The zero-order valence-corrected chi connectivity index (χ0v) is 12.6. The number of furan rings is 1. The molecule has 1 unspecified atom stereocenters. The number of carbonyl (C=O) groups is 1. The van der Waals surface area contributed by atoms with Crippen molar-refractivity contribution in [3.05, 3.63) is 52.5 Å². The molecule has 0 aliphatic heterocycles. The lowest BCUT2D eigenvalue weighted by Crippen LogP contribution is -2.13. The molecule has 0 bridgehead atoms. The number of nitriles is 1. The Hall–Kier alpha value is -2.54. The average Bonchev–Trinajstić information content (AvgIpc) is 2.78. The normalized spacial score (nSPS) is 11.8. The largest absolute Gasteiger partial charge is 0.496 e. The number of methoxy groups -OCH3 is 1. The van der Waals surface area contributed by atoms with Crippen molar-refractivity contribution in [2.45, 2.75) is 26.7 Å². The Morgan fingerprint density at radius 1 is 1.29 bits per heavy atom. The van der Waals surface area contributed by atoms with Gasteiger partial charge in [0, 0.05) is 5.56 Å². The van der Waals surface area contributed by atoms with Crippen LogP contribution in [0.1, 0.15) is 38.9 Å². The summed E-state index contributed by atoms with van der Waals surface area (Å²) in [6, 6.07) is 9.22. The van der Waals surface area contributed by atoms with Crippen molar-refractivity contribution >= 4 is 5.78 Å². The van der Waals surface area contributed by atoms with Gasteiger partial charge in [-0.05, 0) is 32.9 Å². The van der Waals surface area contributed by atoms with Crippen LogP contribution in [0.15, 0.2) is 28.7 Å². The van der Waals surface area contributed by atoms with E-state index in [0.29, 0.717) is 28.4 Å². The molecule has 0 fully saturated rings. The van der Waals surface area contributed by atoms with Crippen molar-refractivity contribution in [3.8, 4) is 11.8 Å². The summed E-state index contributed by atoms with van der Waals surface area (Å²) in [4.78, 5) is 12.7. The van der Waals surface area contributed by atoms with Crippen LogP contribution in [0, 0.1) is 32.1 Å². The molecule has 0 amide bonds. The number of Topliss-reactive ketones (excluding diaryl/α,β-unsaturated/α-hetero) is 1. The van der Waals surface area contributed by atoms with Crippen molar-refractivity contribution in [2.24, 2.45) is 0 Å². The number of hydrogen-bond acceptors (Lipinski definition) is 4. The number of ether oxygens (including phenoxy) is 1. The van der Waals surface area contributed by atoms with Crippen molar-refractivity contribution in [1.82, 2.24) is 0 Å². The number of hydrogen-bond donors (Lipinski definition) is 0. The number of aryl methyl sites for hydroxylation is 3. The fourth-order valence-electron chi connectivity index (χ4n) is 2.38. The number of carbonyl (C=O) groups excluding carboxylic acids is 1. The maximum atomic E-state index is 12.7. The van der Waals surface area contributed by atoms with Crippen LogP contribution in [0.3, 0.4) is 0 Å². The van der Waals surface area contributed by atoms with Gasteiger partial charge in [-0.3, -0.25) is 4.79 Å². The van der Waals surface area contributed by atoms with Gasteiger partial charge in [0.15, 0.2) is 5.78 Å². The molecule has 1 atom stereocenters. The second-order valence-electron chi connectivity index (χ2n) is 5.00. The van der Waals surface area contributed by atoms with E-state index in [-0.39, 0.29) is 5.78 Å². The van der Waals surface area contributed by atoms with Crippen molar-refractivity contribution < 1.29 is 13.9 Å². The molecular weight excluding hydrogens is 266 g/mol. The van der Waals surface area contributed by atoms with Crippen LogP contribution in [-0.4, -0.2) is 12.9 Å². The van der Waals surface area contributed by atoms with E-state index in [2.05, 4.69) is 6.07 Å². The van der Waals surface area contributed by atoms with E-state index in [9.17, 15) is 10.1 Å². The fraction of sp³-hybridized carbons (Fsp3) is 0.294. The summed E-state index contributed by atoms with van der Waals surface area (Å²) in [5, 5.41) is 9.46. The van der Waals surface area contributed by atoms with Crippen LogP contribution in [0.5, 0.6) is 5.75 Å². The first kappa shape index (κ1) is 14.9. The Balaban J connectivity index is 2.50. The molecule has 108 valence electrons. The summed E-state index contributed by atoms with van der Waals surface area (Å²) in [6.07, 6.45) is 0. The van der Waals surface area contributed by atoms with Crippen molar-refractivity contribution in [2.75, 3.05) is 7.11 Å². The molecule has 2 rings (SSSR count). The molecule has 2 aromatic rings. The first-order valence-electron chi connectivity index (χ1n) is 6.63. The predicted octanol–water partition coefficient (Wildman–Crippen LogP) is 3.70. The zero-order chi connectivity index (χ0) is 15.6. The third-order valence-electron chi connectivity index (χ3n) is 3.39. The minimum atomic E-state index is -0.907. The first-order valence-corrected chi connectivity index (χ1v) is 6.63. The molecule has 0 aliphatic rings. The van der Waals surface area contributed by atoms with Crippen LogP contribution in [0.25, 0.3) is 0 Å². The van der Waals surface area contributed by atoms with E-state index in [0.717, 1.165) is 5.56 Å². The number of nitrogens with zero attached hydrogens (tertiary/aromatic N) is 1. The molecule has 0 aliphatic carbocycles. The van der Waals surface area contributed by atoms with E-state index < -0.39 is 5.92 Å². The number of benzene rings is 1. The topological polar surface area (TPSA) is 63.2 Å². The molecule has 1 aromatic carbocycles. The van der Waals surface area contributed by atoms with Gasteiger partial charge >= 0.3 is 0 Å². The van der Waals surface area contributed by atoms with Gasteiger partial charge < -0.3 is 9.15 Å².